The molecule has 0 radical (unpaired) electrons. The van der Waals surface area contributed by atoms with E-state index in [9.17, 15) is 4.79 Å². The van der Waals surface area contributed by atoms with Crippen molar-refractivity contribution < 1.29 is 14.6 Å². The Bertz CT molecular complexity index is 423. The van der Waals surface area contributed by atoms with E-state index in [0.717, 1.165) is 25.4 Å². The molecule has 1 aliphatic heterocycles. The summed E-state index contributed by atoms with van der Waals surface area (Å²) in [5.41, 5.74) is 6.11. The molecule has 1 aromatic rings. The van der Waals surface area contributed by atoms with Crippen LogP contribution in [-0.2, 0) is 4.79 Å². The first-order chi connectivity index (χ1) is 9.16. The van der Waals surface area contributed by atoms with Crippen molar-refractivity contribution in [2.75, 3.05) is 26.2 Å². The Morgan fingerprint density at radius 1 is 1.24 bits per heavy atom. The lowest BCUT2D eigenvalue weighted by Gasteiger charge is -2.15. The molecule has 1 aliphatic rings. The number of rotatable bonds is 6. The molecular formula is C14H22Cl2N2O3. The first-order valence-corrected chi connectivity index (χ1v) is 6.60. The van der Waals surface area contributed by atoms with Crippen molar-refractivity contribution in [2.24, 2.45) is 5.73 Å². The molecule has 0 saturated carbocycles. The van der Waals surface area contributed by atoms with Crippen LogP contribution in [0.1, 0.15) is 24.4 Å². The van der Waals surface area contributed by atoms with Gasteiger partial charge in [-0.15, -0.1) is 24.8 Å². The van der Waals surface area contributed by atoms with Crippen LogP contribution in [0, 0.1) is 0 Å². The van der Waals surface area contributed by atoms with E-state index in [1.165, 1.54) is 12.8 Å². The predicted octanol–water partition coefficient (Wildman–Crippen LogP) is 2.09. The monoisotopic (exact) mass is 336 g/mol. The number of likely N-dealkylation sites (tertiary alicyclic amines) is 1. The molecule has 1 saturated heterocycles. The van der Waals surface area contributed by atoms with Gasteiger partial charge in [-0.1, -0.05) is 12.1 Å². The molecule has 1 unspecified atom stereocenters. The summed E-state index contributed by atoms with van der Waals surface area (Å²) in [5.74, 6) is -0.275. The van der Waals surface area contributed by atoms with E-state index in [-0.39, 0.29) is 24.8 Å². The zero-order valence-corrected chi connectivity index (χ0v) is 13.4. The maximum Gasteiger partial charge on any atom is 0.325 e. The Hall–Kier alpha value is -1.01. The topological polar surface area (TPSA) is 75.8 Å². The minimum absolute atomic E-state index is 0. The van der Waals surface area contributed by atoms with Crippen LogP contribution in [0.2, 0.25) is 0 Å². The van der Waals surface area contributed by atoms with Crippen LogP contribution in [0.5, 0.6) is 5.75 Å². The summed E-state index contributed by atoms with van der Waals surface area (Å²) >= 11 is 0. The molecule has 0 spiro atoms. The highest BCUT2D eigenvalue weighted by Gasteiger charge is 2.14. The summed E-state index contributed by atoms with van der Waals surface area (Å²) in [6.07, 6.45) is 2.56. The molecule has 21 heavy (non-hydrogen) atoms. The van der Waals surface area contributed by atoms with E-state index < -0.39 is 12.0 Å². The zero-order chi connectivity index (χ0) is 13.7. The first-order valence-electron chi connectivity index (χ1n) is 6.60. The lowest BCUT2D eigenvalue weighted by Crippen LogP contribution is -2.25. The lowest BCUT2D eigenvalue weighted by molar-refractivity contribution is -0.138. The van der Waals surface area contributed by atoms with Gasteiger partial charge in [-0.25, -0.2) is 0 Å². The highest BCUT2D eigenvalue weighted by Crippen LogP contribution is 2.17. The molecule has 0 amide bonds. The van der Waals surface area contributed by atoms with Crippen LogP contribution in [0.3, 0.4) is 0 Å². The first kappa shape index (κ1) is 20.0. The van der Waals surface area contributed by atoms with E-state index in [2.05, 4.69) is 4.90 Å². The van der Waals surface area contributed by atoms with Gasteiger partial charge in [0, 0.05) is 6.54 Å². The second-order valence-corrected chi connectivity index (χ2v) is 4.78. The Labute approximate surface area is 137 Å². The SMILES string of the molecule is Cl.Cl.NC(C(=O)O)c1ccc(OCCN2CCCC2)cc1. The number of nitrogens with two attached hydrogens (primary N) is 1. The molecule has 1 heterocycles. The van der Waals surface area contributed by atoms with E-state index in [1.54, 1.807) is 24.3 Å². The van der Waals surface area contributed by atoms with Crippen LogP contribution < -0.4 is 10.5 Å². The third-order valence-electron chi connectivity index (χ3n) is 3.38. The number of nitrogens with zero attached hydrogens (tertiary/aromatic N) is 1. The van der Waals surface area contributed by atoms with Crippen molar-refractivity contribution in [3.05, 3.63) is 29.8 Å². The van der Waals surface area contributed by atoms with E-state index >= 15 is 0 Å². The molecule has 1 fully saturated rings. The Morgan fingerprint density at radius 2 is 1.81 bits per heavy atom. The summed E-state index contributed by atoms with van der Waals surface area (Å²) in [5, 5.41) is 8.81. The molecule has 3 N–H and O–H groups in total. The molecule has 5 nitrogen and oxygen atoms in total. The molecule has 1 atom stereocenters. The Morgan fingerprint density at radius 3 is 2.33 bits per heavy atom. The zero-order valence-electron chi connectivity index (χ0n) is 11.7. The van der Waals surface area contributed by atoms with Gasteiger partial charge in [-0.3, -0.25) is 9.69 Å². The Balaban J connectivity index is 0.00000200. The number of carbonyl (C=O) groups is 1. The second-order valence-electron chi connectivity index (χ2n) is 4.78. The Kier molecular flexibility index (Phi) is 9.37. The fourth-order valence-corrected chi connectivity index (χ4v) is 2.21. The average molecular weight is 337 g/mol. The van der Waals surface area contributed by atoms with Gasteiger partial charge < -0.3 is 15.6 Å². The molecule has 0 bridgehead atoms. The van der Waals surface area contributed by atoms with Gasteiger partial charge in [0.1, 0.15) is 18.4 Å². The smallest absolute Gasteiger partial charge is 0.325 e. The van der Waals surface area contributed by atoms with Crippen molar-refractivity contribution in [3.8, 4) is 5.75 Å². The molecule has 0 aromatic heterocycles. The van der Waals surface area contributed by atoms with Gasteiger partial charge in [-0.05, 0) is 43.6 Å². The van der Waals surface area contributed by atoms with Crippen LogP contribution in [0.4, 0.5) is 0 Å². The van der Waals surface area contributed by atoms with E-state index in [4.69, 9.17) is 15.6 Å². The van der Waals surface area contributed by atoms with Crippen LogP contribution >= 0.6 is 24.8 Å². The van der Waals surface area contributed by atoms with Crippen molar-refractivity contribution in [1.29, 1.82) is 0 Å². The van der Waals surface area contributed by atoms with Crippen molar-refractivity contribution in [1.82, 2.24) is 4.90 Å². The maximum atomic E-state index is 10.7. The largest absolute Gasteiger partial charge is 0.492 e. The van der Waals surface area contributed by atoms with E-state index in [1.807, 2.05) is 0 Å². The van der Waals surface area contributed by atoms with Gasteiger partial charge in [0.05, 0.1) is 0 Å². The number of benzene rings is 1. The number of aliphatic carboxylic acids is 1. The van der Waals surface area contributed by atoms with Crippen molar-refractivity contribution in [2.45, 2.75) is 18.9 Å². The molecular weight excluding hydrogens is 315 g/mol. The number of hydrogen-bond donors (Lipinski definition) is 2. The molecule has 1 aromatic carbocycles. The van der Waals surface area contributed by atoms with Gasteiger partial charge in [0.15, 0.2) is 0 Å². The fraction of sp³-hybridized carbons (Fsp3) is 0.500. The molecule has 2 rings (SSSR count). The standard InChI is InChI=1S/C14H20N2O3.2ClH/c15-13(14(17)18)11-3-5-12(6-4-11)19-10-9-16-7-1-2-8-16;;/h3-6,13H,1-2,7-10,15H2,(H,17,18);2*1H. The van der Waals surface area contributed by atoms with Gasteiger partial charge in [0.25, 0.3) is 0 Å². The predicted molar refractivity (Wildman–Crippen MR) is 86.7 cm³/mol. The molecule has 7 heteroatoms. The lowest BCUT2D eigenvalue weighted by atomic mass is 10.1. The van der Waals surface area contributed by atoms with E-state index in [0.29, 0.717) is 12.2 Å². The second kappa shape index (κ2) is 9.84. The summed E-state index contributed by atoms with van der Waals surface area (Å²) in [6, 6.07) is 5.96. The summed E-state index contributed by atoms with van der Waals surface area (Å²) in [7, 11) is 0. The van der Waals surface area contributed by atoms with Crippen molar-refractivity contribution in [3.63, 3.8) is 0 Å². The highest BCUT2D eigenvalue weighted by molar-refractivity contribution is 5.85. The third-order valence-corrected chi connectivity index (χ3v) is 3.38. The number of halogens is 2. The minimum atomic E-state index is -1.03. The van der Waals surface area contributed by atoms with Gasteiger partial charge in [0.2, 0.25) is 0 Å². The highest BCUT2D eigenvalue weighted by atomic mass is 35.5. The van der Waals surface area contributed by atoms with Crippen molar-refractivity contribution >= 4 is 30.8 Å². The van der Waals surface area contributed by atoms with Crippen LogP contribution in [-0.4, -0.2) is 42.2 Å². The van der Waals surface area contributed by atoms with Crippen LogP contribution in [0.15, 0.2) is 24.3 Å². The number of carboxylic acid groups (broad SMARTS) is 1. The molecule has 120 valence electrons. The number of hydrogen-bond acceptors (Lipinski definition) is 4. The normalized spacial score (nSPS) is 15.7. The quantitative estimate of drug-likeness (QED) is 0.831. The van der Waals surface area contributed by atoms with Gasteiger partial charge in [-0.2, -0.15) is 0 Å². The molecule has 0 aliphatic carbocycles. The maximum absolute atomic E-state index is 10.7. The summed E-state index contributed by atoms with van der Waals surface area (Å²) in [4.78, 5) is 13.1. The van der Waals surface area contributed by atoms with Crippen LogP contribution in [0.25, 0.3) is 0 Å². The summed E-state index contributed by atoms with van der Waals surface area (Å²) in [6.45, 7) is 3.92. The minimum Gasteiger partial charge on any atom is -0.492 e. The number of carboxylic acids is 1. The van der Waals surface area contributed by atoms with Gasteiger partial charge >= 0.3 is 5.97 Å². The third kappa shape index (κ3) is 6.09. The number of ether oxygens (including phenoxy) is 1. The fourth-order valence-electron chi connectivity index (χ4n) is 2.21. The summed E-state index contributed by atoms with van der Waals surface area (Å²) < 4.78 is 5.63. The average Bonchev–Trinajstić information content (AvgIpc) is 2.92.